The van der Waals surface area contributed by atoms with Crippen LogP contribution in [0.4, 0.5) is 0 Å². The van der Waals surface area contributed by atoms with E-state index in [1.54, 1.807) is 0 Å². The summed E-state index contributed by atoms with van der Waals surface area (Å²) in [6.45, 7) is 4.69. The zero-order chi connectivity index (χ0) is 19.9. The summed E-state index contributed by atoms with van der Waals surface area (Å²) >= 11 is 5.32. The molecule has 2 aromatic rings. The Labute approximate surface area is 170 Å². The van der Waals surface area contributed by atoms with Crippen molar-refractivity contribution in [3.05, 3.63) is 77.0 Å². The molecule has 0 unspecified atom stereocenters. The second-order valence-electron chi connectivity index (χ2n) is 6.52. The van der Waals surface area contributed by atoms with Gasteiger partial charge >= 0.3 is 5.97 Å². The summed E-state index contributed by atoms with van der Waals surface area (Å²) in [7, 11) is 0. The first kappa shape index (κ1) is 19.9. The highest BCUT2D eigenvalue weighted by molar-refractivity contribution is 7.80. The Bertz CT molecular complexity index is 880. The first-order valence-corrected chi connectivity index (χ1v) is 9.72. The Balaban J connectivity index is 1.88. The van der Waals surface area contributed by atoms with Crippen LogP contribution in [-0.2, 0) is 16.1 Å². The van der Waals surface area contributed by atoms with Gasteiger partial charge in [-0.15, -0.1) is 0 Å². The van der Waals surface area contributed by atoms with Gasteiger partial charge in [0.15, 0.2) is 5.11 Å². The fraction of sp³-hybridized carbons (Fsp3) is 0.273. The smallest absolute Gasteiger partial charge is 0.338 e. The van der Waals surface area contributed by atoms with Gasteiger partial charge in [0, 0.05) is 11.3 Å². The zero-order valence-electron chi connectivity index (χ0n) is 16.0. The molecule has 1 aliphatic rings. The van der Waals surface area contributed by atoms with E-state index in [2.05, 4.69) is 17.6 Å². The van der Waals surface area contributed by atoms with Crippen LogP contribution in [0.1, 0.15) is 37.4 Å². The average Bonchev–Trinajstić information content (AvgIpc) is 2.71. The highest BCUT2D eigenvalue weighted by Crippen LogP contribution is 2.33. The monoisotopic (exact) mass is 396 g/mol. The molecule has 3 rings (SSSR count). The molecular weight excluding hydrogens is 372 g/mol. The minimum atomic E-state index is -0.440. The number of hydrogen-bond donors (Lipinski definition) is 2. The van der Waals surface area contributed by atoms with E-state index in [1.165, 1.54) is 0 Å². The van der Waals surface area contributed by atoms with Crippen molar-refractivity contribution < 1.29 is 14.3 Å². The van der Waals surface area contributed by atoms with E-state index in [9.17, 15) is 4.79 Å². The van der Waals surface area contributed by atoms with Gasteiger partial charge in [-0.3, -0.25) is 0 Å². The molecule has 146 valence electrons. The van der Waals surface area contributed by atoms with Crippen LogP contribution < -0.4 is 15.4 Å². The maximum Gasteiger partial charge on any atom is 0.338 e. The molecule has 0 radical (unpaired) electrons. The molecule has 0 spiro atoms. The molecule has 1 aliphatic heterocycles. The molecule has 0 amide bonds. The highest BCUT2D eigenvalue weighted by Gasteiger charge is 2.32. The number of esters is 1. The maximum absolute atomic E-state index is 13.0. The molecule has 6 heteroatoms. The van der Waals surface area contributed by atoms with Crippen LogP contribution in [0.2, 0.25) is 0 Å². The SMILES string of the molecule is CCCOc1ccccc1[C@@H]1NC(=S)NC(C)=C1C(=O)OCc1ccccc1. The van der Waals surface area contributed by atoms with Gasteiger partial charge in [-0.05, 0) is 37.2 Å². The van der Waals surface area contributed by atoms with Crippen LogP contribution in [0.5, 0.6) is 5.75 Å². The highest BCUT2D eigenvalue weighted by atomic mass is 32.1. The molecule has 0 fully saturated rings. The summed E-state index contributed by atoms with van der Waals surface area (Å²) in [5.41, 5.74) is 2.96. The summed E-state index contributed by atoms with van der Waals surface area (Å²) in [4.78, 5) is 13.0. The van der Waals surface area contributed by atoms with Crippen LogP contribution in [0.25, 0.3) is 0 Å². The Morgan fingerprint density at radius 3 is 2.57 bits per heavy atom. The maximum atomic E-state index is 13.0. The van der Waals surface area contributed by atoms with Crippen molar-refractivity contribution in [2.45, 2.75) is 32.9 Å². The lowest BCUT2D eigenvalue weighted by Gasteiger charge is -2.30. The Morgan fingerprint density at radius 1 is 1.11 bits per heavy atom. The number of allylic oxidation sites excluding steroid dienone is 1. The average molecular weight is 397 g/mol. The molecule has 1 heterocycles. The zero-order valence-corrected chi connectivity index (χ0v) is 16.8. The first-order valence-electron chi connectivity index (χ1n) is 9.31. The minimum Gasteiger partial charge on any atom is -0.493 e. The Morgan fingerprint density at radius 2 is 1.82 bits per heavy atom. The first-order chi connectivity index (χ1) is 13.6. The van der Waals surface area contributed by atoms with E-state index in [0.29, 0.717) is 23.0 Å². The molecule has 1 atom stereocenters. The molecular formula is C22H24N2O3S. The second kappa shape index (κ2) is 9.37. The van der Waals surface area contributed by atoms with E-state index in [0.717, 1.165) is 23.3 Å². The lowest BCUT2D eigenvalue weighted by Crippen LogP contribution is -2.45. The van der Waals surface area contributed by atoms with Crippen LogP contribution in [-0.4, -0.2) is 17.7 Å². The van der Waals surface area contributed by atoms with Gasteiger partial charge in [0.05, 0.1) is 18.2 Å². The third-order valence-electron chi connectivity index (χ3n) is 4.39. The molecule has 0 saturated carbocycles. The van der Waals surface area contributed by atoms with Crippen molar-refractivity contribution in [1.82, 2.24) is 10.6 Å². The molecule has 28 heavy (non-hydrogen) atoms. The topological polar surface area (TPSA) is 59.6 Å². The predicted molar refractivity (Wildman–Crippen MR) is 113 cm³/mol. The Hall–Kier alpha value is -2.86. The van der Waals surface area contributed by atoms with Gasteiger partial charge in [0.25, 0.3) is 0 Å². The van der Waals surface area contributed by atoms with Crippen LogP contribution >= 0.6 is 12.2 Å². The number of nitrogens with one attached hydrogen (secondary N) is 2. The van der Waals surface area contributed by atoms with Crippen molar-refractivity contribution in [3.8, 4) is 5.75 Å². The molecule has 0 bridgehead atoms. The molecule has 0 saturated heterocycles. The summed E-state index contributed by atoms with van der Waals surface area (Å²) in [6.07, 6.45) is 0.896. The number of ether oxygens (including phenoxy) is 2. The third kappa shape index (κ3) is 4.70. The van der Waals surface area contributed by atoms with E-state index in [4.69, 9.17) is 21.7 Å². The van der Waals surface area contributed by atoms with Crippen LogP contribution in [0.15, 0.2) is 65.9 Å². The van der Waals surface area contributed by atoms with Crippen molar-refractivity contribution in [2.24, 2.45) is 0 Å². The van der Waals surface area contributed by atoms with Crippen molar-refractivity contribution in [3.63, 3.8) is 0 Å². The molecule has 0 aliphatic carbocycles. The summed E-state index contributed by atoms with van der Waals surface area (Å²) in [5, 5.41) is 6.68. The van der Waals surface area contributed by atoms with Crippen molar-refractivity contribution in [2.75, 3.05) is 6.61 Å². The summed E-state index contributed by atoms with van der Waals surface area (Å²) < 4.78 is 11.5. The molecule has 0 aromatic heterocycles. The number of carbonyl (C=O) groups excluding carboxylic acids is 1. The van der Waals surface area contributed by atoms with Crippen LogP contribution in [0, 0.1) is 0 Å². The lowest BCUT2D eigenvalue weighted by atomic mass is 9.95. The second-order valence-corrected chi connectivity index (χ2v) is 6.93. The van der Waals surface area contributed by atoms with Gasteiger partial charge < -0.3 is 20.1 Å². The number of thiocarbonyl (C=S) groups is 1. The summed E-state index contributed by atoms with van der Waals surface area (Å²) in [5.74, 6) is 0.340. The van der Waals surface area contributed by atoms with Gasteiger partial charge in [-0.2, -0.15) is 0 Å². The minimum absolute atomic E-state index is 0.210. The lowest BCUT2D eigenvalue weighted by molar-refractivity contribution is -0.140. The van der Waals surface area contributed by atoms with Gasteiger partial charge in [0.2, 0.25) is 0 Å². The van der Waals surface area contributed by atoms with Gasteiger partial charge in [-0.1, -0.05) is 55.5 Å². The van der Waals surface area contributed by atoms with Crippen molar-refractivity contribution >= 4 is 23.3 Å². The van der Waals surface area contributed by atoms with E-state index in [1.807, 2.05) is 61.5 Å². The Kier molecular flexibility index (Phi) is 6.66. The van der Waals surface area contributed by atoms with Gasteiger partial charge in [0.1, 0.15) is 12.4 Å². The summed E-state index contributed by atoms with van der Waals surface area (Å²) in [6, 6.07) is 16.8. The normalized spacial score (nSPS) is 16.2. The standard InChI is InChI=1S/C22H24N2O3S/c1-3-13-26-18-12-8-7-11-17(18)20-19(15(2)23-22(28)24-20)21(25)27-14-16-9-5-4-6-10-16/h4-12,20H,3,13-14H2,1-2H3,(H2,23,24,28)/t20-/m0/s1. The molecule has 2 aromatic carbocycles. The predicted octanol–water partition coefficient (Wildman–Crippen LogP) is 4.01. The molecule has 5 nitrogen and oxygen atoms in total. The number of rotatable bonds is 7. The van der Waals surface area contributed by atoms with Gasteiger partial charge in [-0.25, -0.2) is 4.79 Å². The fourth-order valence-electron chi connectivity index (χ4n) is 3.06. The van der Waals surface area contributed by atoms with E-state index in [-0.39, 0.29) is 12.6 Å². The van der Waals surface area contributed by atoms with Crippen molar-refractivity contribution in [1.29, 1.82) is 0 Å². The van der Waals surface area contributed by atoms with E-state index >= 15 is 0 Å². The fourth-order valence-corrected chi connectivity index (χ4v) is 3.33. The number of carbonyl (C=O) groups is 1. The third-order valence-corrected chi connectivity index (χ3v) is 4.61. The largest absolute Gasteiger partial charge is 0.493 e. The number of hydrogen-bond acceptors (Lipinski definition) is 4. The van der Waals surface area contributed by atoms with E-state index < -0.39 is 6.04 Å². The van der Waals surface area contributed by atoms with Crippen LogP contribution in [0.3, 0.4) is 0 Å². The number of para-hydroxylation sites is 1. The molecule has 2 N–H and O–H groups in total. The quantitative estimate of drug-likeness (QED) is 0.545. The number of benzene rings is 2.